The van der Waals surface area contributed by atoms with Gasteiger partial charge in [0.2, 0.25) is 0 Å². The first kappa shape index (κ1) is 17.0. The SMILES string of the molecule is CCC(=O)C1=C(O)C(=O)N(c2cccc(C)c2C)C1c1ccccc1. The molecule has 4 heteroatoms. The number of Topliss-reactive ketones (excluding diaryl/α,β-unsaturated/α-hetero) is 1. The highest BCUT2D eigenvalue weighted by Gasteiger charge is 2.44. The fraction of sp³-hybridized carbons (Fsp3) is 0.238. The number of hydrogen-bond donors (Lipinski definition) is 1. The van der Waals surface area contributed by atoms with E-state index in [1.54, 1.807) is 6.92 Å². The second-order valence-corrected chi connectivity index (χ2v) is 6.25. The summed E-state index contributed by atoms with van der Waals surface area (Å²) in [6.45, 7) is 5.65. The van der Waals surface area contributed by atoms with Crippen LogP contribution in [0.3, 0.4) is 0 Å². The summed E-state index contributed by atoms with van der Waals surface area (Å²) in [4.78, 5) is 26.9. The van der Waals surface area contributed by atoms with Crippen LogP contribution in [0.2, 0.25) is 0 Å². The lowest BCUT2D eigenvalue weighted by atomic mass is 9.94. The van der Waals surface area contributed by atoms with Crippen LogP contribution in [0.4, 0.5) is 5.69 Å². The summed E-state index contributed by atoms with van der Waals surface area (Å²) in [7, 11) is 0. The Morgan fingerprint density at radius 3 is 2.40 bits per heavy atom. The lowest BCUT2D eigenvalue weighted by molar-refractivity contribution is -0.118. The average Bonchev–Trinajstić information content (AvgIpc) is 2.89. The van der Waals surface area contributed by atoms with Gasteiger partial charge in [0.25, 0.3) is 5.91 Å². The van der Waals surface area contributed by atoms with Crippen LogP contribution in [0.15, 0.2) is 59.9 Å². The van der Waals surface area contributed by atoms with E-state index in [0.29, 0.717) is 5.69 Å². The van der Waals surface area contributed by atoms with Crippen molar-refractivity contribution in [1.82, 2.24) is 0 Å². The Kier molecular flexibility index (Phi) is 4.45. The van der Waals surface area contributed by atoms with E-state index >= 15 is 0 Å². The third kappa shape index (κ3) is 2.74. The van der Waals surface area contributed by atoms with E-state index in [0.717, 1.165) is 16.7 Å². The van der Waals surface area contributed by atoms with Gasteiger partial charge in [-0.15, -0.1) is 0 Å². The van der Waals surface area contributed by atoms with Crippen molar-refractivity contribution in [2.45, 2.75) is 33.2 Å². The Labute approximate surface area is 147 Å². The predicted octanol–water partition coefficient (Wildman–Crippen LogP) is 4.18. The highest BCUT2D eigenvalue weighted by atomic mass is 16.3. The number of benzene rings is 2. The lowest BCUT2D eigenvalue weighted by Gasteiger charge is -2.28. The second kappa shape index (κ2) is 6.55. The minimum atomic E-state index is -0.610. The summed E-state index contributed by atoms with van der Waals surface area (Å²) in [5.74, 6) is -1.19. The van der Waals surface area contributed by atoms with Gasteiger partial charge in [0.05, 0.1) is 11.6 Å². The molecule has 1 aliphatic heterocycles. The van der Waals surface area contributed by atoms with Crippen LogP contribution in [-0.4, -0.2) is 16.8 Å². The van der Waals surface area contributed by atoms with Crippen molar-refractivity contribution in [2.75, 3.05) is 4.90 Å². The molecule has 128 valence electrons. The number of rotatable bonds is 4. The van der Waals surface area contributed by atoms with E-state index in [9.17, 15) is 14.7 Å². The number of aliphatic hydroxyl groups is 1. The Hall–Kier alpha value is -2.88. The number of carbonyl (C=O) groups is 2. The van der Waals surface area contributed by atoms with Gasteiger partial charge in [-0.2, -0.15) is 0 Å². The molecule has 0 aliphatic carbocycles. The highest BCUT2D eigenvalue weighted by molar-refractivity contribution is 6.16. The molecule has 4 nitrogen and oxygen atoms in total. The van der Waals surface area contributed by atoms with Crippen LogP contribution in [-0.2, 0) is 9.59 Å². The molecule has 3 rings (SSSR count). The molecule has 1 unspecified atom stereocenters. The summed E-state index contributed by atoms with van der Waals surface area (Å²) in [5.41, 5.74) is 3.70. The summed E-state index contributed by atoms with van der Waals surface area (Å²) in [6.07, 6.45) is 0.233. The van der Waals surface area contributed by atoms with E-state index in [-0.39, 0.29) is 17.8 Å². The molecule has 0 radical (unpaired) electrons. The van der Waals surface area contributed by atoms with Gasteiger partial charge in [-0.05, 0) is 36.6 Å². The van der Waals surface area contributed by atoms with Crippen molar-refractivity contribution in [3.8, 4) is 0 Å². The third-order valence-electron chi connectivity index (χ3n) is 4.78. The zero-order valence-electron chi connectivity index (χ0n) is 14.6. The molecular formula is C21H21NO3. The van der Waals surface area contributed by atoms with Crippen molar-refractivity contribution in [2.24, 2.45) is 0 Å². The standard InChI is InChI=1S/C21H21NO3/c1-4-17(23)18-19(15-10-6-5-7-11-15)22(21(25)20(18)24)16-12-8-9-13(2)14(16)3/h5-12,19,24H,4H2,1-3H3. The van der Waals surface area contributed by atoms with Crippen molar-refractivity contribution >= 4 is 17.4 Å². The molecule has 1 N–H and O–H groups in total. The van der Waals surface area contributed by atoms with E-state index in [1.807, 2.05) is 62.4 Å². The molecule has 2 aromatic carbocycles. The molecule has 2 aromatic rings. The van der Waals surface area contributed by atoms with Crippen LogP contribution in [0.25, 0.3) is 0 Å². The molecule has 0 fully saturated rings. The smallest absolute Gasteiger partial charge is 0.294 e. The van der Waals surface area contributed by atoms with Gasteiger partial charge in [-0.1, -0.05) is 49.4 Å². The van der Waals surface area contributed by atoms with Crippen LogP contribution >= 0.6 is 0 Å². The summed E-state index contributed by atoms with van der Waals surface area (Å²) < 4.78 is 0. The van der Waals surface area contributed by atoms with Crippen LogP contribution in [0.1, 0.15) is 36.1 Å². The number of hydrogen-bond acceptors (Lipinski definition) is 3. The molecule has 1 atom stereocenters. The van der Waals surface area contributed by atoms with E-state index < -0.39 is 17.7 Å². The number of amides is 1. The van der Waals surface area contributed by atoms with E-state index in [4.69, 9.17) is 0 Å². The number of ketones is 1. The largest absolute Gasteiger partial charge is 0.503 e. The normalized spacial score (nSPS) is 17.3. The fourth-order valence-electron chi connectivity index (χ4n) is 3.28. The monoisotopic (exact) mass is 335 g/mol. The lowest BCUT2D eigenvalue weighted by Crippen LogP contribution is -2.31. The predicted molar refractivity (Wildman–Crippen MR) is 97.5 cm³/mol. The third-order valence-corrected chi connectivity index (χ3v) is 4.78. The zero-order valence-corrected chi connectivity index (χ0v) is 14.6. The van der Waals surface area contributed by atoms with Crippen molar-refractivity contribution in [3.05, 3.63) is 76.6 Å². The van der Waals surface area contributed by atoms with Crippen LogP contribution in [0, 0.1) is 13.8 Å². The summed E-state index contributed by atoms with van der Waals surface area (Å²) in [5, 5.41) is 10.5. The summed E-state index contributed by atoms with van der Waals surface area (Å²) in [6, 6.07) is 14.5. The molecule has 0 aromatic heterocycles. The van der Waals surface area contributed by atoms with Crippen LogP contribution < -0.4 is 4.90 Å². The maximum atomic E-state index is 12.8. The number of carbonyl (C=O) groups excluding carboxylic acids is 2. The first-order valence-corrected chi connectivity index (χ1v) is 8.38. The van der Waals surface area contributed by atoms with Crippen molar-refractivity contribution in [3.63, 3.8) is 0 Å². The number of anilines is 1. The minimum absolute atomic E-state index is 0.180. The van der Waals surface area contributed by atoms with Gasteiger partial charge in [0.15, 0.2) is 11.5 Å². The van der Waals surface area contributed by atoms with Crippen LogP contribution in [0.5, 0.6) is 0 Å². The van der Waals surface area contributed by atoms with Crippen molar-refractivity contribution < 1.29 is 14.7 Å². The second-order valence-electron chi connectivity index (χ2n) is 6.25. The molecule has 0 saturated heterocycles. The van der Waals surface area contributed by atoms with Gasteiger partial charge >= 0.3 is 0 Å². The number of aryl methyl sites for hydroxylation is 1. The Bertz CT molecular complexity index is 868. The van der Waals surface area contributed by atoms with Gasteiger partial charge in [-0.25, -0.2) is 0 Å². The minimum Gasteiger partial charge on any atom is -0.503 e. The maximum absolute atomic E-state index is 12.8. The number of aliphatic hydroxyl groups excluding tert-OH is 1. The Morgan fingerprint density at radius 2 is 1.76 bits per heavy atom. The maximum Gasteiger partial charge on any atom is 0.294 e. The Morgan fingerprint density at radius 1 is 1.08 bits per heavy atom. The zero-order chi connectivity index (χ0) is 18.1. The molecule has 1 heterocycles. The van der Waals surface area contributed by atoms with Crippen molar-refractivity contribution in [1.29, 1.82) is 0 Å². The molecule has 0 bridgehead atoms. The molecule has 0 spiro atoms. The highest BCUT2D eigenvalue weighted by Crippen LogP contribution is 2.42. The fourth-order valence-corrected chi connectivity index (χ4v) is 3.28. The van der Waals surface area contributed by atoms with Gasteiger partial charge in [0, 0.05) is 12.1 Å². The quantitative estimate of drug-likeness (QED) is 0.912. The first-order chi connectivity index (χ1) is 12.0. The average molecular weight is 335 g/mol. The summed E-state index contributed by atoms with van der Waals surface area (Å²) >= 11 is 0. The topological polar surface area (TPSA) is 57.6 Å². The molecule has 1 aliphatic rings. The molecule has 0 saturated carbocycles. The van der Waals surface area contributed by atoms with Gasteiger partial charge in [-0.3, -0.25) is 14.5 Å². The molecule has 25 heavy (non-hydrogen) atoms. The van der Waals surface area contributed by atoms with Gasteiger partial charge < -0.3 is 5.11 Å². The van der Waals surface area contributed by atoms with Gasteiger partial charge in [0.1, 0.15) is 0 Å². The molecular weight excluding hydrogens is 314 g/mol. The molecule has 1 amide bonds. The van der Waals surface area contributed by atoms with E-state index in [2.05, 4.69) is 0 Å². The van der Waals surface area contributed by atoms with E-state index in [1.165, 1.54) is 4.90 Å². The Balaban J connectivity index is 2.23. The number of nitrogens with zero attached hydrogens (tertiary/aromatic N) is 1. The first-order valence-electron chi connectivity index (χ1n) is 8.38.